The monoisotopic (exact) mass is 335 g/mol. The third-order valence-corrected chi connectivity index (χ3v) is 3.98. The molecular weight excluding hydrogens is 318 g/mol. The van der Waals surface area contributed by atoms with Gasteiger partial charge in [0.25, 0.3) is 0 Å². The highest BCUT2D eigenvalue weighted by molar-refractivity contribution is 7.89. The molecule has 0 aliphatic heterocycles. The molecule has 2 amide bonds. The van der Waals surface area contributed by atoms with Gasteiger partial charge in [-0.3, -0.25) is 0 Å². The number of rotatable bonds is 5. The summed E-state index contributed by atoms with van der Waals surface area (Å²) in [5.41, 5.74) is 1.38. The molecule has 0 saturated heterocycles. The SMILES string of the molecule is COc1ccc(NC(=O)NCc2ccc(S(N)(=O)=O)cc2)cc1. The molecule has 0 aliphatic carbocycles. The smallest absolute Gasteiger partial charge is 0.319 e. The van der Waals surface area contributed by atoms with E-state index in [1.54, 1.807) is 43.5 Å². The molecule has 8 heteroatoms. The predicted octanol–water partition coefficient (Wildman–Crippen LogP) is 1.66. The lowest BCUT2D eigenvalue weighted by molar-refractivity contribution is 0.251. The second kappa shape index (κ2) is 7.12. The molecule has 0 atom stereocenters. The van der Waals surface area contributed by atoms with Crippen molar-refractivity contribution in [2.75, 3.05) is 12.4 Å². The van der Waals surface area contributed by atoms with Gasteiger partial charge in [0.05, 0.1) is 12.0 Å². The molecule has 0 fully saturated rings. The van der Waals surface area contributed by atoms with E-state index in [-0.39, 0.29) is 17.5 Å². The van der Waals surface area contributed by atoms with Crippen molar-refractivity contribution < 1.29 is 17.9 Å². The second-order valence-electron chi connectivity index (χ2n) is 4.73. The zero-order valence-corrected chi connectivity index (χ0v) is 13.3. The van der Waals surface area contributed by atoms with Crippen LogP contribution in [0.5, 0.6) is 5.75 Å². The summed E-state index contributed by atoms with van der Waals surface area (Å²) >= 11 is 0. The number of primary sulfonamides is 1. The van der Waals surface area contributed by atoms with E-state index in [0.29, 0.717) is 11.4 Å². The normalized spacial score (nSPS) is 10.9. The van der Waals surface area contributed by atoms with Gasteiger partial charge in [-0.15, -0.1) is 0 Å². The van der Waals surface area contributed by atoms with Crippen LogP contribution in [0, 0.1) is 0 Å². The average molecular weight is 335 g/mol. The molecule has 23 heavy (non-hydrogen) atoms. The Labute approximate surface area is 134 Å². The zero-order valence-electron chi connectivity index (χ0n) is 12.4. The first-order valence-corrected chi connectivity index (χ1v) is 8.24. The number of sulfonamides is 1. The lowest BCUT2D eigenvalue weighted by Gasteiger charge is -2.08. The van der Waals surface area contributed by atoms with Gasteiger partial charge in [-0.1, -0.05) is 12.1 Å². The van der Waals surface area contributed by atoms with Gasteiger partial charge in [0, 0.05) is 12.2 Å². The number of ether oxygens (including phenoxy) is 1. The number of anilines is 1. The van der Waals surface area contributed by atoms with Crippen LogP contribution in [-0.2, 0) is 16.6 Å². The summed E-state index contributed by atoms with van der Waals surface area (Å²) in [4.78, 5) is 11.8. The van der Waals surface area contributed by atoms with Gasteiger partial charge < -0.3 is 15.4 Å². The van der Waals surface area contributed by atoms with Gasteiger partial charge >= 0.3 is 6.03 Å². The molecule has 122 valence electrons. The highest BCUT2D eigenvalue weighted by atomic mass is 32.2. The van der Waals surface area contributed by atoms with E-state index in [1.165, 1.54) is 12.1 Å². The Morgan fingerprint density at radius 3 is 2.22 bits per heavy atom. The number of hydrogen-bond donors (Lipinski definition) is 3. The molecule has 2 aromatic rings. The number of benzene rings is 2. The summed E-state index contributed by atoms with van der Waals surface area (Å²) in [5.74, 6) is 0.700. The topological polar surface area (TPSA) is 111 Å². The van der Waals surface area contributed by atoms with Crippen LogP contribution in [0.4, 0.5) is 10.5 Å². The minimum atomic E-state index is -3.71. The highest BCUT2D eigenvalue weighted by Crippen LogP contribution is 2.14. The maximum atomic E-state index is 11.8. The van der Waals surface area contributed by atoms with Gasteiger partial charge in [-0.2, -0.15) is 0 Å². The lowest BCUT2D eigenvalue weighted by Crippen LogP contribution is -2.28. The first-order chi connectivity index (χ1) is 10.9. The fourth-order valence-electron chi connectivity index (χ4n) is 1.83. The van der Waals surface area contributed by atoms with Crippen LogP contribution in [0.2, 0.25) is 0 Å². The Hall–Kier alpha value is -2.58. The standard InChI is InChI=1S/C15H17N3O4S/c1-22-13-6-4-12(5-7-13)18-15(19)17-10-11-2-8-14(9-3-11)23(16,20)21/h2-9H,10H2,1H3,(H2,16,20,21)(H2,17,18,19). The van der Waals surface area contributed by atoms with Crippen LogP contribution in [0.25, 0.3) is 0 Å². The van der Waals surface area contributed by atoms with Gasteiger partial charge in [0.1, 0.15) is 5.75 Å². The van der Waals surface area contributed by atoms with Crippen molar-refractivity contribution in [3.8, 4) is 5.75 Å². The molecule has 0 radical (unpaired) electrons. The maximum absolute atomic E-state index is 11.8. The van der Waals surface area contributed by atoms with Crippen molar-refractivity contribution in [2.24, 2.45) is 5.14 Å². The van der Waals surface area contributed by atoms with Crippen molar-refractivity contribution >= 4 is 21.7 Å². The van der Waals surface area contributed by atoms with Crippen LogP contribution in [-0.4, -0.2) is 21.6 Å². The van der Waals surface area contributed by atoms with Crippen LogP contribution < -0.4 is 20.5 Å². The molecule has 0 bridgehead atoms. The third kappa shape index (κ3) is 4.97. The summed E-state index contributed by atoms with van der Waals surface area (Å²) in [7, 11) is -2.14. The molecule has 4 N–H and O–H groups in total. The second-order valence-corrected chi connectivity index (χ2v) is 6.29. The largest absolute Gasteiger partial charge is 0.497 e. The van der Waals surface area contributed by atoms with Crippen molar-refractivity contribution in [1.29, 1.82) is 0 Å². The quantitative estimate of drug-likeness (QED) is 0.771. The Bertz CT molecular complexity index is 771. The van der Waals surface area contributed by atoms with Gasteiger partial charge in [-0.25, -0.2) is 18.4 Å². The third-order valence-electron chi connectivity index (χ3n) is 3.05. The zero-order chi connectivity index (χ0) is 16.9. The van der Waals surface area contributed by atoms with E-state index in [1.807, 2.05) is 0 Å². The number of hydrogen-bond acceptors (Lipinski definition) is 4. The highest BCUT2D eigenvalue weighted by Gasteiger charge is 2.07. The number of nitrogens with one attached hydrogen (secondary N) is 2. The summed E-state index contributed by atoms with van der Waals surface area (Å²) in [6.07, 6.45) is 0. The van der Waals surface area contributed by atoms with E-state index >= 15 is 0 Å². The molecule has 2 aromatic carbocycles. The summed E-state index contributed by atoms with van der Waals surface area (Å²) in [6.45, 7) is 0.257. The van der Waals surface area contributed by atoms with E-state index < -0.39 is 10.0 Å². The van der Waals surface area contributed by atoms with Gasteiger partial charge in [0.2, 0.25) is 10.0 Å². The molecule has 2 rings (SSSR count). The van der Waals surface area contributed by atoms with E-state index in [0.717, 1.165) is 5.56 Å². The number of carbonyl (C=O) groups is 1. The van der Waals surface area contributed by atoms with Gasteiger partial charge in [-0.05, 0) is 42.0 Å². The summed E-state index contributed by atoms with van der Waals surface area (Å²) in [6, 6.07) is 12.5. The molecular formula is C15H17N3O4S. The lowest BCUT2D eigenvalue weighted by atomic mass is 10.2. The average Bonchev–Trinajstić information content (AvgIpc) is 2.53. The predicted molar refractivity (Wildman–Crippen MR) is 86.7 cm³/mol. The van der Waals surface area contributed by atoms with E-state index in [9.17, 15) is 13.2 Å². The van der Waals surface area contributed by atoms with Crippen molar-refractivity contribution in [2.45, 2.75) is 11.4 Å². The number of methoxy groups -OCH3 is 1. The van der Waals surface area contributed by atoms with E-state index in [4.69, 9.17) is 9.88 Å². The van der Waals surface area contributed by atoms with Crippen molar-refractivity contribution in [1.82, 2.24) is 5.32 Å². The maximum Gasteiger partial charge on any atom is 0.319 e. The van der Waals surface area contributed by atoms with Gasteiger partial charge in [0.15, 0.2) is 0 Å². The molecule has 7 nitrogen and oxygen atoms in total. The first-order valence-electron chi connectivity index (χ1n) is 6.69. The number of carbonyl (C=O) groups excluding carboxylic acids is 1. The number of urea groups is 1. The number of nitrogens with two attached hydrogens (primary N) is 1. The van der Waals surface area contributed by atoms with Crippen LogP contribution in [0.15, 0.2) is 53.4 Å². The molecule has 0 saturated carbocycles. The minimum absolute atomic E-state index is 0.0314. The summed E-state index contributed by atoms with van der Waals surface area (Å²) in [5, 5.41) is 10.4. The molecule has 0 aromatic heterocycles. The van der Waals surface area contributed by atoms with Crippen LogP contribution in [0.1, 0.15) is 5.56 Å². The van der Waals surface area contributed by atoms with Crippen molar-refractivity contribution in [3.63, 3.8) is 0 Å². The number of amides is 2. The Morgan fingerprint density at radius 2 is 1.70 bits per heavy atom. The fraction of sp³-hybridized carbons (Fsp3) is 0.133. The molecule has 0 spiro atoms. The van der Waals surface area contributed by atoms with Crippen molar-refractivity contribution in [3.05, 3.63) is 54.1 Å². The molecule has 0 aliphatic rings. The van der Waals surface area contributed by atoms with Crippen LogP contribution >= 0.6 is 0 Å². The Balaban J connectivity index is 1.88. The summed E-state index contributed by atoms with van der Waals surface area (Å²) < 4.78 is 27.3. The minimum Gasteiger partial charge on any atom is -0.497 e. The molecule has 0 unspecified atom stereocenters. The van der Waals surface area contributed by atoms with Crippen LogP contribution in [0.3, 0.4) is 0 Å². The van der Waals surface area contributed by atoms with E-state index in [2.05, 4.69) is 10.6 Å². The fourth-order valence-corrected chi connectivity index (χ4v) is 2.34. The Kier molecular flexibility index (Phi) is 5.20. The molecule has 0 heterocycles. The first kappa shape index (κ1) is 16.8. The Morgan fingerprint density at radius 1 is 1.09 bits per heavy atom.